The number of nitrogens with zero attached hydrogens (tertiary/aromatic N) is 2. The minimum atomic E-state index is -0.278. The average Bonchev–Trinajstić information content (AvgIpc) is 2.88. The van der Waals surface area contributed by atoms with E-state index in [0.717, 1.165) is 34.7 Å². The molecule has 0 atom stereocenters. The summed E-state index contributed by atoms with van der Waals surface area (Å²) in [7, 11) is 0. The zero-order chi connectivity index (χ0) is 16.7. The standard InChI is InChI=1S/C20H17ClN2O/c1-20(2)12-16-18(24-20)17(14-9-6-10-15(21)11-14)23-19(22-16)13-7-4-3-5-8-13/h3-11H,12H2,1-2H3. The summed E-state index contributed by atoms with van der Waals surface area (Å²) in [5, 5.41) is 0.679. The van der Waals surface area contributed by atoms with E-state index < -0.39 is 0 Å². The normalized spacial score (nSPS) is 15.0. The van der Waals surface area contributed by atoms with Gasteiger partial charge in [0.25, 0.3) is 0 Å². The van der Waals surface area contributed by atoms with Gasteiger partial charge >= 0.3 is 0 Å². The van der Waals surface area contributed by atoms with Crippen molar-refractivity contribution >= 4 is 11.6 Å². The first-order chi connectivity index (χ1) is 11.5. The van der Waals surface area contributed by atoms with Crippen molar-refractivity contribution in [1.82, 2.24) is 9.97 Å². The van der Waals surface area contributed by atoms with Gasteiger partial charge in [0.05, 0.1) is 5.69 Å². The van der Waals surface area contributed by atoms with Crippen LogP contribution in [-0.4, -0.2) is 15.6 Å². The topological polar surface area (TPSA) is 35.0 Å². The molecular formula is C20H17ClN2O. The maximum atomic E-state index is 6.17. The minimum Gasteiger partial charge on any atom is -0.483 e. The average molecular weight is 337 g/mol. The van der Waals surface area contributed by atoms with Gasteiger partial charge in [0.2, 0.25) is 0 Å². The molecule has 1 aliphatic heterocycles. The fraction of sp³-hybridized carbons (Fsp3) is 0.200. The summed E-state index contributed by atoms with van der Waals surface area (Å²) in [6.45, 7) is 4.14. The Balaban J connectivity index is 1.94. The Labute approximate surface area is 146 Å². The molecule has 24 heavy (non-hydrogen) atoms. The summed E-state index contributed by atoms with van der Waals surface area (Å²) in [4.78, 5) is 9.56. The molecule has 0 saturated carbocycles. The third kappa shape index (κ3) is 2.76. The predicted molar refractivity (Wildman–Crippen MR) is 96.3 cm³/mol. The highest BCUT2D eigenvalue weighted by atomic mass is 35.5. The van der Waals surface area contributed by atoms with Crippen molar-refractivity contribution in [2.75, 3.05) is 0 Å². The van der Waals surface area contributed by atoms with Crippen molar-refractivity contribution in [3.63, 3.8) is 0 Å². The first-order valence-corrected chi connectivity index (χ1v) is 8.31. The number of benzene rings is 2. The Morgan fingerprint density at radius 1 is 0.958 bits per heavy atom. The Bertz CT molecular complexity index is 907. The van der Waals surface area contributed by atoms with Crippen molar-refractivity contribution in [3.8, 4) is 28.4 Å². The van der Waals surface area contributed by atoms with Gasteiger partial charge in [0.15, 0.2) is 11.6 Å². The lowest BCUT2D eigenvalue weighted by molar-refractivity contribution is 0.139. The summed E-state index contributed by atoms with van der Waals surface area (Å²) in [5.41, 5.74) is 3.40. The van der Waals surface area contributed by atoms with Crippen LogP contribution in [0, 0.1) is 0 Å². The number of aromatic nitrogens is 2. The first kappa shape index (κ1) is 15.2. The highest BCUT2D eigenvalue weighted by molar-refractivity contribution is 6.30. The lowest BCUT2D eigenvalue weighted by atomic mass is 10.0. The maximum absolute atomic E-state index is 6.17. The van der Waals surface area contributed by atoms with E-state index in [2.05, 4.69) is 13.8 Å². The highest BCUT2D eigenvalue weighted by Crippen LogP contribution is 2.41. The van der Waals surface area contributed by atoms with Gasteiger partial charge in [-0.3, -0.25) is 0 Å². The molecule has 1 aromatic heterocycles. The van der Waals surface area contributed by atoms with Crippen LogP contribution in [0.5, 0.6) is 5.75 Å². The summed E-state index contributed by atoms with van der Waals surface area (Å²) in [6.07, 6.45) is 0.762. The van der Waals surface area contributed by atoms with Crippen LogP contribution in [-0.2, 0) is 6.42 Å². The van der Waals surface area contributed by atoms with E-state index >= 15 is 0 Å². The summed E-state index contributed by atoms with van der Waals surface area (Å²) in [5.74, 6) is 1.48. The zero-order valence-electron chi connectivity index (χ0n) is 13.6. The van der Waals surface area contributed by atoms with E-state index in [-0.39, 0.29) is 5.60 Å². The Kier molecular flexibility index (Phi) is 3.54. The zero-order valence-corrected chi connectivity index (χ0v) is 14.3. The van der Waals surface area contributed by atoms with E-state index in [1.54, 1.807) is 0 Å². The number of halogens is 1. The van der Waals surface area contributed by atoms with Crippen molar-refractivity contribution in [2.45, 2.75) is 25.9 Å². The molecule has 0 bridgehead atoms. The molecule has 0 fully saturated rings. The van der Waals surface area contributed by atoms with Gasteiger partial charge in [-0.1, -0.05) is 54.1 Å². The van der Waals surface area contributed by atoms with Crippen LogP contribution in [0.15, 0.2) is 54.6 Å². The molecule has 0 aliphatic carbocycles. The van der Waals surface area contributed by atoms with Crippen LogP contribution in [0.25, 0.3) is 22.6 Å². The third-order valence-electron chi connectivity index (χ3n) is 4.04. The van der Waals surface area contributed by atoms with Crippen LogP contribution in [0.4, 0.5) is 0 Å². The molecule has 120 valence electrons. The van der Waals surface area contributed by atoms with E-state index in [1.165, 1.54) is 0 Å². The molecule has 3 aromatic rings. The second kappa shape index (κ2) is 5.60. The van der Waals surface area contributed by atoms with Crippen LogP contribution >= 0.6 is 11.6 Å². The largest absolute Gasteiger partial charge is 0.483 e. The molecular weight excluding hydrogens is 320 g/mol. The van der Waals surface area contributed by atoms with E-state index in [4.69, 9.17) is 26.3 Å². The molecule has 4 heteroatoms. The molecule has 2 heterocycles. The van der Waals surface area contributed by atoms with Crippen LogP contribution in [0.1, 0.15) is 19.5 Å². The molecule has 2 aromatic carbocycles. The third-order valence-corrected chi connectivity index (χ3v) is 4.27. The van der Waals surface area contributed by atoms with E-state index in [1.807, 2.05) is 54.6 Å². The lowest BCUT2D eigenvalue weighted by Gasteiger charge is -2.17. The van der Waals surface area contributed by atoms with E-state index in [0.29, 0.717) is 10.8 Å². The SMILES string of the molecule is CC1(C)Cc2nc(-c3ccccc3)nc(-c3cccc(Cl)c3)c2O1. The summed E-state index contributed by atoms with van der Waals surface area (Å²) in [6, 6.07) is 17.7. The van der Waals surface area contributed by atoms with Crippen molar-refractivity contribution in [2.24, 2.45) is 0 Å². The van der Waals surface area contributed by atoms with Crippen LogP contribution in [0.2, 0.25) is 5.02 Å². The van der Waals surface area contributed by atoms with Gasteiger partial charge < -0.3 is 4.74 Å². The van der Waals surface area contributed by atoms with Gasteiger partial charge in [0, 0.05) is 22.6 Å². The predicted octanol–water partition coefficient (Wildman–Crippen LogP) is 5.18. The van der Waals surface area contributed by atoms with Crippen LogP contribution < -0.4 is 4.74 Å². The van der Waals surface area contributed by atoms with E-state index in [9.17, 15) is 0 Å². The molecule has 0 spiro atoms. The van der Waals surface area contributed by atoms with Gasteiger partial charge in [0.1, 0.15) is 11.3 Å². The Hall–Kier alpha value is -2.39. The molecule has 1 aliphatic rings. The van der Waals surface area contributed by atoms with Gasteiger partial charge in [-0.25, -0.2) is 9.97 Å². The second-order valence-electron chi connectivity index (χ2n) is 6.59. The summed E-state index contributed by atoms with van der Waals surface area (Å²) >= 11 is 6.17. The molecule has 0 saturated heterocycles. The fourth-order valence-corrected chi connectivity index (χ4v) is 3.18. The molecule has 0 unspecified atom stereocenters. The summed E-state index contributed by atoms with van der Waals surface area (Å²) < 4.78 is 6.14. The quantitative estimate of drug-likeness (QED) is 0.647. The highest BCUT2D eigenvalue weighted by Gasteiger charge is 2.34. The van der Waals surface area contributed by atoms with Gasteiger partial charge in [-0.15, -0.1) is 0 Å². The maximum Gasteiger partial charge on any atom is 0.168 e. The number of fused-ring (bicyclic) bond motifs is 1. The number of hydrogen-bond acceptors (Lipinski definition) is 3. The number of rotatable bonds is 2. The fourth-order valence-electron chi connectivity index (χ4n) is 2.99. The van der Waals surface area contributed by atoms with Gasteiger partial charge in [-0.2, -0.15) is 0 Å². The lowest BCUT2D eigenvalue weighted by Crippen LogP contribution is -2.24. The van der Waals surface area contributed by atoms with Crippen molar-refractivity contribution in [1.29, 1.82) is 0 Å². The second-order valence-corrected chi connectivity index (χ2v) is 7.02. The molecule has 0 N–H and O–H groups in total. The minimum absolute atomic E-state index is 0.278. The van der Waals surface area contributed by atoms with Crippen LogP contribution in [0.3, 0.4) is 0 Å². The van der Waals surface area contributed by atoms with Crippen molar-refractivity contribution < 1.29 is 4.74 Å². The Morgan fingerprint density at radius 3 is 2.46 bits per heavy atom. The first-order valence-electron chi connectivity index (χ1n) is 7.93. The van der Waals surface area contributed by atoms with Gasteiger partial charge in [-0.05, 0) is 26.0 Å². The molecule has 0 amide bonds. The molecule has 4 rings (SSSR count). The smallest absolute Gasteiger partial charge is 0.168 e. The monoisotopic (exact) mass is 336 g/mol. The number of hydrogen-bond donors (Lipinski definition) is 0. The van der Waals surface area contributed by atoms with Crippen molar-refractivity contribution in [3.05, 3.63) is 65.3 Å². The molecule has 0 radical (unpaired) electrons. The number of ether oxygens (including phenoxy) is 1. The Morgan fingerprint density at radius 2 is 1.71 bits per heavy atom. The molecule has 3 nitrogen and oxygen atoms in total.